The van der Waals surface area contributed by atoms with Crippen LogP contribution in [0.1, 0.15) is 17.3 Å². The molecule has 5 nitrogen and oxygen atoms in total. The molecule has 0 spiro atoms. The van der Waals surface area contributed by atoms with Crippen LogP contribution in [0.2, 0.25) is 0 Å². The molecule has 0 radical (unpaired) electrons. The van der Waals surface area contributed by atoms with E-state index in [0.717, 1.165) is 11.1 Å². The Balaban J connectivity index is 1.64. The first-order valence-corrected chi connectivity index (χ1v) is 9.01. The van der Waals surface area contributed by atoms with Crippen molar-refractivity contribution in [3.05, 3.63) is 70.7 Å². The van der Waals surface area contributed by atoms with Crippen LogP contribution in [0.4, 0.5) is 10.1 Å². The summed E-state index contributed by atoms with van der Waals surface area (Å²) >= 11 is 1.19. The highest BCUT2D eigenvalue weighted by atomic mass is 32.1. The molecule has 3 rings (SSSR count). The molecule has 0 aliphatic heterocycles. The number of hydrogen-bond donors (Lipinski definition) is 2. The highest BCUT2D eigenvalue weighted by Crippen LogP contribution is 2.24. The molecule has 1 aromatic heterocycles. The Morgan fingerprint density at radius 2 is 1.63 bits per heavy atom. The van der Waals surface area contributed by atoms with Gasteiger partial charge < -0.3 is 15.2 Å². The molecular formula is C20H16FNO4S. The Bertz CT molecular complexity index is 951. The van der Waals surface area contributed by atoms with Crippen LogP contribution in [-0.2, 0) is 4.79 Å². The Morgan fingerprint density at radius 1 is 1.04 bits per heavy atom. The fourth-order valence-corrected chi connectivity index (χ4v) is 3.17. The van der Waals surface area contributed by atoms with Gasteiger partial charge in [0.25, 0.3) is 5.91 Å². The SMILES string of the molecule is CC(Oc1ccc(-c2ccc(F)cc2)cc1)C(=O)Nc1cscc1C(=O)O. The summed E-state index contributed by atoms with van der Waals surface area (Å²) in [5, 5.41) is 14.7. The maximum Gasteiger partial charge on any atom is 0.338 e. The van der Waals surface area contributed by atoms with Crippen molar-refractivity contribution in [1.82, 2.24) is 0 Å². The molecule has 1 unspecified atom stereocenters. The van der Waals surface area contributed by atoms with E-state index in [9.17, 15) is 14.0 Å². The molecule has 2 N–H and O–H groups in total. The number of amides is 1. The first-order chi connectivity index (χ1) is 12.9. The number of carboxylic acids is 1. The van der Waals surface area contributed by atoms with Gasteiger partial charge in [0.1, 0.15) is 11.6 Å². The first-order valence-electron chi connectivity index (χ1n) is 8.07. The number of carbonyl (C=O) groups is 2. The van der Waals surface area contributed by atoms with E-state index >= 15 is 0 Å². The molecule has 0 aliphatic rings. The maximum absolute atomic E-state index is 13.0. The molecule has 1 heterocycles. The maximum atomic E-state index is 13.0. The predicted molar refractivity (Wildman–Crippen MR) is 102 cm³/mol. The summed E-state index contributed by atoms with van der Waals surface area (Å²) in [5.74, 6) is -1.35. The monoisotopic (exact) mass is 385 g/mol. The van der Waals surface area contributed by atoms with Gasteiger partial charge in [-0.05, 0) is 42.3 Å². The van der Waals surface area contributed by atoms with E-state index in [-0.39, 0.29) is 17.1 Å². The van der Waals surface area contributed by atoms with Gasteiger partial charge in [0.05, 0.1) is 11.3 Å². The van der Waals surface area contributed by atoms with Gasteiger partial charge >= 0.3 is 5.97 Å². The van der Waals surface area contributed by atoms with Crippen molar-refractivity contribution < 1.29 is 23.8 Å². The lowest BCUT2D eigenvalue weighted by Gasteiger charge is -2.15. The molecule has 2 aromatic carbocycles. The second-order valence-corrected chi connectivity index (χ2v) is 6.53. The number of aromatic carboxylic acids is 1. The lowest BCUT2D eigenvalue weighted by molar-refractivity contribution is -0.122. The van der Waals surface area contributed by atoms with Gasteiger partial charge in [0.2, 0.25) is 0 Å². The number of ether oxygens (including phenoxy) is 1. The van der Waals surface area contributed by atoms with Gasteiger partial charge in [0.15, 0.2) is 6.10 Å². The van der Waals surface area contributed by atoms with E-state index in [4.69, 9.17) is 9.84 Å². The number of anilines is 1. The first kappa shape index (κ1) is 18.6. The van der Waals surface area contributed by atoms with Crippen LogP contribution >= 0.6 is 11.3 Å². The number of halogens is 1. The van der Waals surface area contributed by atoms with Crippen molar-refractivity contribution in [3.8, 4) is 16.9 Å². The molecule has 0 fully saturated rings. The van der Waals surface area contributed by atoms with Gasteiger partial charge in [-0.15, -0.1) is 11.3 Å². The highest BCUT2D eigenvalue weighted by Gasteiger charge is 2.19. The standard InChI is InChI=1S/C20H16FNO4S/c1-12(19(23)22-18-11-27-10-17(18)20(24)25)26-16-8-4-14(5-9-16)13-2-6-15(21)7-3-13/h2-12H,1H3,(H,22,23)(H,24,25). The summed E-state index contributed by atoms with van der Waals surface area (Å²) in [6.45, 7) is 1.58. The zero-order chi connectivity index (χ0) is 19.4. The number of benzene rings is 2. The average Bonchev–Trinajstić information content (AvgIpc) is 3.11. The van der Waals surface area contributed by atoms with Crippen LogP contribution in [-0.4, -0.2) is 23.1 Å². The third-order valence-electron chi connectivity index (χ3n) is 3.86. The summed E-state index contributed by atoms with van der Waals surface area (Å²) in [7, 11) is 0. The van der Waals surface area contributed by atoms with Crippen LogP contribution in [0, 0.1) is 5.82 Å². The van der Waals surface area contributed by atoms with Gasteiger partial charge in [-0.2, -0.15) is 0 Å². The van der Waals surface area contributed by atoms with Crippen LogP contribution in [0.3, 0.4) is 0 Å². The lowest BCUT2D eigenvalue weighted by Crippen LogP contribution is -2.30. The normalized spacial score (nSPS) is 11.6. The van der Waals surface area contributed by atoms with Crippen molar-refractivity contribution in [2.75, 3.05) is 5.32 Å². The number of rotatable bonds is 6. The van der Waals surface area contributed by atoms with Crippen LogP contribution in [0.15, 0.2) is 59.3 Å². The van der Waals surface area contributed by atoms with E-state index in [1.54, 1.807) is 36.6 Å². The minimum atomic E-state index is -1.10. The predicted octanol–water partition coefficient (Wildman–Crippen LogP) is 4.66. The van der Waals surface area contributed by atoms with Crippen molar-refractivity contribution in [1.29, 1.82) is 0 Å². The van der Waals surface area contributed by atoms with Gasteiger partial charge in [-0.1, -0.05) is 24.3 Å². The fourth-order valence-electron chi connectivity index (χ4n) is 2.42. The Morgan fingerprint density at radius 3 is 2.22 bits per heavy atom. The van der Waals surface area contributed by atoms with Crippen LogP contribution < -0.4 is 10.1 Å². The molecular weight excluding hydrogens is 369 g/mol. The van der Waals surface area contributed by atoms with Gasteiger partial charge in [-0.3, -0.25) is 4.79 Å². The summed E-state index contributed by atoms with van der Waals surface area (Å²) in [6.07, 6.45) is -0.816. The number of hydrogen-bond acceptors (Lipinski definition) is 4. The molecule has 0 saturated heterocycles. The lowest BCUT2D eigenvalue weighted by atomic mass is 10.1. The smallest absolute Gasteiger partial charge is 0.338 e. The van der Waals surface area contributed by atoms with Gasteiger partial charge in [-0.25, -0.2) is 9.18 Å². The van der Waals surface area contributed by atoms with Crippen molar-refractivity contribution in [3.63, 3.8) is 0 Å². The molecule has 0 aliphatic carbocycles. The quantitative estimate of drug-likeness (QED) is 0.647. The van der Waals surface area contributed by atoms with E-state index < -0.39 is 18.0 Å². The number of carbonyl (C=O) groups excluding carboxylic acids is 1. The summed E-state index contributed by atoms with van der Waals surface area (Å²) in [5.41, 5.74) is 2.06. The summed E-state index contributed by atoms with van der Waals surface area (Å²) in [4.78, 5) is 23.3. The topological polar surface area (TPSA) is 75.6 Å². The zero-order valence-electron chi connectivity index (χ0n) is 14.3. The van der Waals surface area contributed by atoms with Crippen molar-refractivity contribution >= 4 is 28.9 Å². The molecule has 0 bridgehead atoms. The zero-order valence-corrected chi connectivity index (χ0v) is 15.1. The molecule has 7 heteroatoms. The molecule has 1 atom stereocenters. The third kappa shape index (κ3) is 4.51. The molecule has 3 aromatic rings. The van der Waals surface area contributed by atoms with Crippen LogP contribution in [0.25, 0.3) is 11.1 Å². The third-order valence-corrected chi connectivity index (χ3v) is 4.61. The Hall–Kier alpha value is -3.19. The minimum Gasteiger partial charge on any atom is -0.481 e. The van der Waals surface area contributed by atoms with Crippen molar-refractivity contribution in [2.45, 2.75) is 13.0 Å². The number of carboxylic acid groups (broad SMARTS) is 1. The van der Waals surface area contributed by atoms with E-state index in [1.165, 1.54) is 28.8 Å². The average molecular weight is 385 g/mol. The molecule has 138 valence electrons. The molecule has 27 heavy (non-hydrogen) atoms. The highest BCUT2D eigenvalue weighted by molar-refractivity contribution is 7.08. The summed E-state index contributed by atoms with van der Waals surface area (Å²) in [6, 6.07) is 13.2. The Labute approximate surface area is 159 Å². The minimum absolute atomic E-state index is 0.0456. The molecule has 1 amide bonds. The second kappa shape index (κ2) is 8.01. The fraction of sp³-hybridized carbons (Fsp3) is 0.100. The summed E-state index contributed by atoms with van der Waals surface area (Å²) < 4.78 is 18.6. The van der Waals surface area contributed by atoms with E-state index in [2.05, 4.69) is 5.32 Å². The van der Waals surface area contributed by atoms with Crippen LogP contribution in [0.5, 0.6) is 5.75 Å². The Kier molecular flexibility index (Phi) is 5.52. The van der Waals surface area contributed by atoms with E-state index in [1.807, 2.05) is 12.1 Å². The second-order valence-electron chi connectivity index (χ2n) is 5.78. The number of nitrogens with one attached hydrogen (secondary N) is 1. The molecule has 0 saturated carbocycles. The van der Waals surface area contributed by atoms with Crippen molar-refractivity contribution in [2.24, 2.45) is 0 Å². The largest absolute Gasteiger partial charge is 0.481 e. The number of thiophene rings is 1. The van der Waals surface area contributed by atoms with Gasteiger partial charge in [0, 0.05) is 10.8 Å². The van der Waals surface area contributed by atoms with E-state index in [0.29, 0.717) is 5.75 Å².